The average Bonchev–Trinajstić information content (AvgIpc) is 3.83. The first kappa shape index (κ1) is 29.5. The number of rotatable bonds is 7. The molecule has 2 fully saturated rings. The highest BCUT2D eigenvalue weighted by Crippen LogP contribution is 2.38. The van der Waals surface area contributed by atoms with E-state index in [2.05, 4.69) is 45.7 Å². The maximum Gasteiger partial charge on any atom is 0.311 e. The van der Waals surface area contributed by atoms with E-state index in [1.165, 1.54) is 24.0 Å². The van der Waals surface area contributed by atoms with Crippen molar-refractivity contribution in [2.24, 2.45) is 5.73 Å². The highest BCUT2D eigenvalue weighted by Gasteiger charge is 2.32. The Balaban J connectivity index is 1.19. The fourth-order valence-corrected chi connectivity index (χ4v) is 7.37. The second kappa shape index (κ2) is 12.3. The van der Waals surface area contributed by atoms with Gasteiger partial charge in [0.25, 0.3) is 0 Å². The van der Waals surface area contributed by atoms with Crippen molar-refractivity contribution >= 4 is 23.4 Å². The Morgan fingerprint density at radius 1 is 1.00 bits per heavy atom. The molecule has 232 valence electrons. The average molecular weight is 617 g/mol. The van der Waals surface area contributed by atoms with Crippen LogP contribution >= 0.6 is 11.6 Å². The summed E-state index contributed by atoms with van der Waals surface area (Å²) in [5, 5.41) is 5.84. The summed E-state index contributed by atoms with van der Waals surface area (Å²) in [4.78, 5) is 31.0. The zero-order valence-corrected chi connectivity index (χ0v) is 26.2. The molecule has 0 spiro atoms. The molecule has 3 aromatic rings. The molecule has 0 radical (unpaired) electrons. The van der Waals surface area contributed by atoms with Gasteiger partial charge in [0.05, 0.1) is 25.5 Å². The molecule has 1 saturated heterocycles. The summed E-state index contributed by atoms with van der Waals surface area (Å²) < 4.78 is 7.72. The van der Waals surface area contributed by atoms with Crippen LogP contribution < -0.4 is 5.73 Å². The number of hydrogen-bond acceptors (Lipinski definition) is 6. The van der Waals surface area contributed by atoms with E-state index in [0.29, 0.717) is 30.6 Å². The summed E-state index contributed by atoms with van der Waals surface area (Å²) in [6, 6.07) is 14.0. The Labute approximate surface area is 263 Å². The summed E-state index contributed by atoms with van der Waals surface area (Å²) in [7, 11) is 0. The first-order chi connectivity index (χ1) is 21.4. The number of amides is 2. The van der Waals surface area contributed by atoms with Crippen LogP contribution in [0.25, 0.3) is 22.4 Å². The number of carbonyl (C=O) groups is 2. The number of fused-ring (bicyclic) bond motifs is 2. The van der Waals surface area contributed by atoms with Crippen molar-refractivity contribution in [2.45, 2.75) is 70.7 Å². The second-order valence-electron chi connectivity index (χ2n) is 12.8. The largest absolute Gasteiger partial charge is 0.379 e. The Kier molecular flexibility index (Phi) is 8.22. The number of hydrogen-bond donors (Lipinski definition) is 1. The molecule has 44 heavy (non-hydrogen) atoms. The van der Waals surface area contributed by atoms with Crippen molar-refractivity contribution < 1.29 is 14.3 Å². The van der Waals surface area contributed by atoms with Gasteiger partial charge in [0.15, 0.2) is 0 Å². The SMILES string of the molecule is C[C@H]1COCCN1CCCn1nc(-c2ccc(Cl)c(-c3ccc4c(c3)CN(C3CC3)CC4)c2)c2c1CCN(C(=O)C(N)=O)C2. The molecule has 1 aliphatic carbocycles. The molecule has 9 nitrogen and oxygen atoms in total. The van der Waals surface area contributed by atoms with Crippen molar-refractivity contribution in [1.29, 1.82) is 0 Å². The van der Waals surface area contributed by atoms with Crippen molar-refractivity contribution in [3.05, 3.63) is 63.8 Å². The molecule has 3 aliphatic heterocycles. The zero-order chi connectivity index (χ0) is 30.4. The summed E-state index contributed by atoms with van der Waals surface area (Å²) in [5.41, 5.74) is 14.2. The Hall–Kier alpha value is -3.24. The molecule has 2 N–H and O–H groups in total. The van der Waals surface area contributed by atoms with E-state index in [-0.39, 0.29) is 0 Å². The minimum Gasteiger partial charge on any atom is -0.379 e. The van der Waals surface area contributed by atoms with E-state index in [9.17, 15) is 9.59 Å². The standard InChI is InChI=1S/C34H41ClN6O3/c1-22-21-44-16-15-38(22)11-2-12-41-31-10-14-40(34(43)33(36)42)20-29(31)32(37-41)25-5-8-30(35)28(18-25)24-4-3-23-9-13-39(27-6-7-27)19-26(23)17-24/h3-5,8,17-18,22,27H,2,6-7,9-16,19-21H2,1H3,(H2,36,42)/t22-/m0/s1. The predicted octanol–water partition coefficient (Wildman–Crippen LogP) is 3.87. The number of aryl methyl sites for hydroxylation is 1. The van der Waals surface area contributed by atoms with Crippen molar-refractivity contribution in [3.63, 3.8) is 0 Å². The Morgan fingerprint density at radius 3 is 2.64 bits per heavy atom. The third-order valence-electron chi connectivity index (χ3n) is 9.81. The van der Waals surface area contributed by atoms with E-state index in [0.717, 1.165) is 98.5 Å². The van der Waals surface area contributed by atoms with Crippen LogP contribution in [0.15, 0.2) is 36.4 Å². The van der Waals surface area contributed by atoms with Crippen LogP contribution in [0, 0.1) is 0 Å². The molecule has 2 amide bonds. The Bertz CT molecular complexity index is 1580. The number of benzene rings is 2. The maximum atomic E-state index is 12.6. The summed E-state index contributed by atoms with van der Waals surface area (Å²) in [6.45, 7) is 9.34. The van der Waals surface area contributed by atoms with E-state index < -0.39 is 11.8 Å². The predicted molar refractivity (Wildman–Crippen MR) is 170 cm³/mol. The molecular weight excluding hydrogens is 576 g/mol. The quantitative estimate of drug-likeness (QED) is 0.405. The first-order valence-electron chi connectivity index (χ1n) is 16.0. The lowest BCUT2D eigenvalue weighted by molar-refractivity contribution is -0.144. The van der Waals surface area contributed by atoms with Gasteiger partial charge in [0.1, 0.15) is 0 Å². The molecule has 2 aromatic carbocycles. The van der Waals surface area contributed by atoms with Crippen LogP contribution in [0.4, 0.5) is 0 Å². The molecule has 1 saturated carbocycles. The molecule has 7 rings (SSSR count). The van der Waals surface area contributed by atoms with E-state index >= 15 is 0 Å². The summed E-state index contributed by atoms with van der Waals surface area (Å²) in [5.74, 6) is -1.58. The lowest BCUT2D eigenvalue weighted by Gasteiger charge is -2.33. The van der Waals surface area contributed by atoms with Crippen LogP contribution in [0.3, 0.4) is 0 Å². The molecule has 4 heterocycles. The molecular formula is C34H41ClN6O3. The van der Waals surface area contributed by atoms with Crippen LogP contribution in [-0.2, 0) is 46.8 Å². The number of carbonyl (C=O) groups excluding carboxylic acids is 2. The minimum absolute atomic E-state index is 0.306. The first-order valence-corrected chi connectivity index (χ1v) is 16.4. The van der Waals surface area contributed by atoms with Gasteiger partial charge in [-0.25, -0.2) is 0 Å². The van der Waals surface area contributed by atoms with E-state index in [4.69, 9.17) is 27.2 Å². The number of ether oxygens (including phenoxy) is 1. The monoisotopic (exact) mass is 616 g/mol. The summed E-state index contributed by atoms with van der Waals surface area (Å²) in [6.07, 6.45) is 5.30. The van der Waals surface area contributed by atoms with Crippen LogP contribution in [0.2, 0.25) is 5.02 Å². The molecule has 1 aromatic heterocycles. The van der Waals surface area contributed by atoms with Gasteiger partial charge in [0, 0.05) is 85.2 Å². The number of nitrogens with zero attached hydrogens (tertiary/aromatic N) is 5. The summed E-state index contributed by atoms with van der Waals surface area (Å²) >= 11 is 6.84. The van der Waals surface area contributed by atoms with E-state index in [1.54, 1.807) is 4.90 Å². The topological polar surface area (TPSA) is 96.9 Å². The smallest absolute Gasteiger partial charge is 0.311 e. The van der Waals surface area contributed by atoms with Crippen LogP contribution in [-0.4, -0.2) is 87.8 Å². The molecule has 1 atom stereocenters. The molecule has 10 heteroatoms. The number of halogens is 1. The lowest BCUT2D eigenvalue weighted by Crippen LogP contribution is -2.44. The van der Waals surface area contributed by atoms with Gasteiger partial charge in [-0.2, -0.15) is 5.10 Å². The third-order valence-corrected chi connectivity index (χ3v) is 10.1. The van der Waals surface area contributed by atoms with Gasteiger partial charge in [0.2, 0.25) is 0 Å². The lowest BCUT2D eigenvalue weighted by atomic mass is 9.93. The number of morpholine rings is 1. The highest BCUT2D eigenvalue weighted by molar-refractivity contribution is 6.34. The van der Waals surface area contributed by atoms with Gasteiger partial charge in [-0.05, 0) is 67.5 Å². The number of primary amides is 1. The van der Waals surface area contributed by atoms with Gasteiger partial charge in [-0.3, -0.25) is 24.1 Å². The molecule has 4 aliphatic rings. The Morgan fingerprint density at radius 2 is 1.84 bits per heavy atom. The van der Waals surface area contributed by atoms with Gasteiger partial charge in [-0.1, -0.05) is 29.8 Å². The zero-order valence-electron chi connectivity index (χ0n) is 25.4. The fourth-order valence-electron chi connectivity index (χ4n) is 7.15. The highest BCUT2D eigenvalue weighted by atomic mass is 35.5. The maximum absolute atomic E-state index is 12.6. The van der Waals surface area contributed by atoms with Gasteiger partial charge < -0.3 is 15.4 Å². The number of nitrogens with two attached hydrogens (primary N) is 1. The second-order valence-corrected chi connectivity index (χ2v) is 13.2. The number of aromatic nitrogens is 2. The minimum atomic E-state index is -0.927. The van der Waals surface area contributed by atoms with Gasteiger partial charge >= 0.3 is 11.8 Å². The fraction of sp³-hybridized carbons (Fsp3) is 0.500. The third kappa shape index (κ3) is 5.90. The van der Waals surface area contributed by atoms with Crippen molar-refractivity contribution in [2.75, 3.05) is 39.4 Å². The normalized spacial score (nSPS) is 20.8. The molecule has 0 unspecified atom stereocenters. The van der Waals surface area contributed by atoms with Crippen molar-refractivity contribution in [1.82, 2.24) is 24.5 Å². The molecule has 0 bridgehead atoms. The van der Waals surface area contributed by atoms with Crippen LogP contribution in [0.1, 0.15) is 48.6 Å². The van der Waals surface area contributed by atoms with Crippen molar-refractivity contribution in [3.8, 4) is 22.4 Å². The van der Waals surface area contributed by atoms with Gasteiger partial charge in [-0.15, -0.1) is 0 Å². The van der Waals surface area contributed by atoms with Crippen LogP contribution in [0.5, 0.6) is 0 Å². The van der Waals surface area contributed by atoms with E-state index in [1.807, 2.05) is 12.1 Å².